The Morgan fingerprint density at radius 2 is 2.06 bits per heavy atom. The Balaban J connectivity index is 1.75. The van der Waals surface area contributed by atoms with Crippen LogP contribution < -0.4 is 4.90 Å². The van der Waals surface area contributed by atoms with Crippen LogP contribution >= 0.6 is 27.5 Å². The summed E-state index contributed by atoms with van der Waals surface area (Å²) in [5, 5.41) is 0.804. The number of piperidine rings is 1. The summed E-state index contributed by atoms with van der Waals surface area (Å²) in [7, 11) is 0. The average molecular weight is 330 g/mol. The Morgan fingerprint density at radius 1 is 1.17 bits per heavy atom. The van der Waals surface area contributed by atoms with Gasteiger partial charge in [0.15, 0.2) is 0 Å². The normalized spacial score (nSPS) is 25.0. The van der Waals surface area contributed by atoms with Crippen LogP contribution in [-0.4, -0.2) is 37.1 Å². The fourth-order valence-electron chi connectivity index (χ4n) is 3.07. The maximum Gasteiger partial charge on any atom is 0.0568 e. The van der Waals surface area contributed by atoms with Crippen molar-refractivity contribution in [3.05, 3.63) is 27.7 Å². The molecule has 2 aliphatic heterocycles. The highest BCUT2D eigenvalue weighted by Crippen LogP contribution is 2.30. The zero-order valence-corrected chi connectivity index (χ0v) is 12.8. The van der Waals surface area contributed by atoms with Gasteiger partial charge in [-0.2, -0.15) is 0 Å². The van der Waals surface area contributed by atoms with E-state index in [-0.39, 0.29) is 0 Å². The van der Waals surface area contributed by atoms with Gasteiger partial charge in [-0.15, -0.1) is 0 Å². The Morgan fingerprint density at radius 3 is 2.89 bits per heavy atom. The molecule has 2 heterocycles. The van der Waals surface area contributed by atoms with Crippen molar-refractivity contribution in [2.75, 3.05) is 31.1 Å². The number of halogens is 2. The predicted octanol–water partition coefficient (Wildman–Crippen LogP) is 3.78. The van der Waals surface area contributed by atoms with Gasteiger partial charge in [0.05, 0.1) is 5.02 Å². The minimum absolute atomic E-state index is 0.745. The molecule has 2 nitrogen and oxygen atoms in total. The van der Waals surface area contributed by atoms with Crippen molar-refractivity contribution >= 4 is 33.2 Å². The molecule has 0 amide bonds. The van der Waals surface area contributed by atoms with Crippen molar-refractivity contribution in [1.82, 2.24) is 4.90 Å². The van der Waals surface area contributed by atoms with Crippen LogP contribution in [0.4, 0.5) is 5.69 Å². The van der Waals surface area contributed by atoms with Crippen LogP contribution in [0.1, 0.15) is 19.3 Å². The highest BCUT2D eigenvalue weighted by molar-refractivity contribution is 9.10. The van der Waals surface area contributed by atoms with Crippen molar-refractivity contribution in [2.45, 2.75) is 25.3 Å². The molecule has 3 rings (SSSR count). The van der Waals surface area contributed by atoms with E-state index in [0.717, 1.165) is 28.6 Å². The first kappa shape index (κ1) is 12.8. The fraction of sp³-hybridized carbons (Fsp3) is 0.571. The molecular formula is C14H18BrClN2. The first-order valence-electron chi connectivity index (χ1n) is 6.68. The van der Waals surface area contributed by atoms with E-state index in [1.807, 2.05) is 6.07 Å². The molecule has 1 aromatic rings. The van der Waals surface area contributed by atoms with Crippen molar-refractivity contribution in [1.29, 1.82) is 0 Å². The summed E-state index contributed by atoms with van der Waals surface area (Å²) in [6.07, 6.45) is 4.11. The first-order valence-corrected chi connectivity index (χ1v) is 7.85. The summed E-state index contributed by atoms with van der Waals surface area (Å²) in [6, 6.07) is 7.03. The second-order valence-corrected chi connectivity index (χ2v) is 6.49. The molecule has 98 valence electrons. The van der Waals surface area contributed by atoms with Gasteiger partial charge in [0.1, 0.15) is 0 Å². The zero-order chi connectivity index (χ0) is 12.5. The van der Waals surface area contributed by atoms with Crippen LogP contribution in [-0.2, 0) is 0 Å². The molecule has 18 heavy (non-hydrogen) atoms. The summed E-state index contributed by atoms with van der Waals surface area (Å²) in [5.41, 5.74) is 1.26. The molecule has 0 aromatic heterocycles. The smallest absolute Gasteiger partial charge is 0.0568 e. The molecule has 0 saturated carbocycles. The van der Waals surface area contributed by atoms with Gasteiger partial charge >= 0.3 is 0 Å². The lowest BCUT2D eigenvalue weighted by molar-refractivity contribution is 0.133. The van der Waals surface area contributed by atoms with Crippen molar-refractivity contribution in [3.63, 3.8) is 0 Å². The topological polar surface area (TPSA) is 6.48 Å². The second kappa shape index (κ2) is 5.40. The van der Waals surface area contributed by atoms with Crippen LogP contribution in [0.5, 0.6) is 0 Å². The highest BCUT2D eigenvalue weighted by Gasteiger charge is 2.28. The van der Waals surface area contributed by atoms with Gasteiger partial charge in [-0.25, -0.2) is 0 Å². The fourth-order valence-corrected chi connectivity index (χ4v) is 3.49. The molecule has 1 unspecified atom stereocenters. The third-order valence-electron chi connectivity index (χ3n) is 4.11. The van der Waals surface area contributed by atoms with E-state index in [1.165, 1.54) is 38.0 Å². The summed E-state index contributed by atoms with van der Waals surface area (Å²) in [4.78, 5) is 5.13. The first-order chi connectivity index (χ1) is 8.74. The molecule has 0 radical (unpaired) electrons. The molecule has 4 heteroatoms. The van der Waals surface area contributed by atoms with Crippen LogP contribution in [0.25, 0.3) is 0 Å². The summed E-state index contributed by atoms with van der Waals surface area (Å²) < 4.78 is 0.976. The zero-order valence-electron chi connectivity index (χ0n) is 10.4. The average Bonchev–Trinajstić information content (AvgIpc) is 2.41. The monoisotopic (exact) mass is 328 g/mol. The number of benzene rings is 1. The van der Waals surface area contributed by atoms with E-state index in [4.69, 9.17) is 11.6 Å². The predicted molar refractivity (Wildman–Crippen MR) is 80.6 cm³/mol. The number of nitrogens with zero attached hydrogens (tertiary/aromatic N) is 2. The molecular weight excluding hydrogens is 312 g/mol. The molecule has 1 aromatic carbocycles. The lowest BCUT2D eigenvalue weighted by Crippen LogP contribution is -2.54. The largest absolute Gasteiger partial charge is 0.369 e. The van der Waals surface area contributed by atoms with Crippen LogP contribution in [0.15, 0.2) is 22.7 Å². The molecule has 2 saturated heterocycles. The Kier molecular flexibility index (Phi) is 3.83. The Bertz CT molecular complexity index is 438. The van der Waals surface area contributed by atoms with E-state index in [1.54, 1.807) is 0 Å². The standard InChI is InChI=1S/C14H18BrClN2/c15-13-5-4-11(9-14(13)16)18-8-7-17-6-2-1-3-12(17)10-18/h4-5,9,12H,1-3,6-8,10H2. The van der Waals surface area contributed by atoms with Crippen molar-refractivity contribution in [3.8, 4) is 0 Å². The van der Waals surface area contributed by atoms with Gasteiger partial charge in [0.25, 0.3) is 0 Å². The summed E-state index contributed by atoms with van der Waals surface area (Å²) in [6.45, 7) is 4.75. The number of rotatable bonds is 1. The van der Waals surface area contributed by atoms with Crippen LogP contribution in [0, 0.1) is 0 Å². The number of hydrogen-bond donors (Lipinski definition) is 0. The van der Waals surface area contributed by atoms with E-state index >= 15 is 0 Å². The third kappa shape index (κ3) is 2.54. The maximum atomic E-state index is 6.19. The molecule has 2 aliphatic rings. The van der Waals surface area contributed by atoms with Crippen molar-refractivity contribution < 1.29 is 0 Å². The maximum absolute atomic E-state index is 6.19. The van der Waals surface area contributed by atoms with Gasteiger partial charge in [-0.1, -0.05) is 18.0 Å². The van der Waals surface area contributed by atoms with E-state index in [9.17, 15) is 0 Å². The van der Waals surface area contributed by atoms with Gasteiger partial charge in [0, 0.05) is 35.8 Å². The second-order valence-electron chi connectivity index (χ2n) is 5.23. The third-order valence-corrected chi connectivity index (χ3v) is 5.34. The lowest BCUT2D eigenvalue weighted by Gasteiger charge is -2.45. The Labute approximate surface area is 122 Å². The minimum Gasteiger partial charge on any atom is -0.369 e. The molecule has 0 N–H and O–H groups in total. The molecule has 0 bridgehead atoms. The van der Waals surface area contributed by atoms with Gasteiger partial charge in [-0.3, -0.25) is 4.90 Å². The molecule has 0 aliphatic carbocycles. The summed E-state index contributed by atoms with van der Waals surface area (Å²) in [5.74, 6) is 0. The van der Waals surface area contributed by atoms with Crippen LogP contribution in [0.3, 0.4) is 0 Å². The van der Waals surface area contributed by atoms with Crippen molar-refractivity contribution in [2.24, 2.45) is 0 Å². The number of hydrogen-bond acceptors (Lipinski definition) is 2. The van der Waals surface area contributed by atoms with Gasteiger partial charge in [0.2, 0.25) is 0 Å². The number of piperazine rings is 1. The Hall–Kier alpha value is -0.250. The molecule has 0 spiro atoms. The van der Waals surface area contributed by atoms with Crippen LogP contribution in [0.2, 0.25) is 5.02 Å². The SMILES string of the molecule is Clc1cc(N2CCN3CCCCC3C2)ccc1Br. The number of fused-ring (bicyclic) bond motifs is 1. The number of anilines is 1. The van der Waals surface area contributed by atoms with E-state index < -0.39 is 0 Å². The summed E-state index contributed by atoms with van der Waals surface area (Å²) >= 11 is 9.64. The highest BCUT2D eigenvalue weighted by atomic mass is 79.9. The van der Waals surface area contributed by atoms with E-state index in [2.05, 4.69) is 37.9 Å². The quantitative estimate of drug-likeness (QED) is 0.774. The van der Waals surface area contributed by atoms with E-state index in [0.29, 0.717) is 0 Å². The minimum atomic E-state index is 0.745. The molecule has 1 atom stereocenters. The lowest BCUT2D eigenvalue weighted by atomic mass is 9.99. The van der Waals surface area contributed by atoms with Gasteiger partial charge in [-0.05, 0) is 53.5 Å². The molecule has 2 fully saturated rings. The van der Waals surface area contributed by atoms with Gasteiger partial charge < -0.3 is 4.90 Å².